The van der Waals surface area contributed by atoms with Crippen molar-refractivity contribution in [3.05, 3.63) is 54.2 Å². The highest BCUT2D eigenvalue weighted by Crippen LogP contribution is 2.22. The fourth-order valence-corrected chi connectivity index (χ4v) is 4.71. The zero-order valence-corrected chi connectivity index (χ0v) is 17.8. The molecule has 0 radical (unpaired) electrons. The fourth-order valence-electron chi connectivity index (χ4n) is 4.71. The van der Waals surface area contributed by atoms with Gasteiger partial charge in [0.05, 0.1) is 11.7 Å². The third-order valence-electron chi connectivity index (χ3n) is 6.29. The zero-order valence-electron chi connectivity index (χ0n) is 17.8. The van der Waals surface area contributed by atoms with Crippen LogP contribution >= 0.6 is 0 Å². The van der Waals surface area contributed by atoms with Crippen molar-refractivity contribution in [1.29, 1.82) is 0 Å². The highest BCUT2D eigenvalue weighted by Gasteiger charge is 2.21. The van der Waals surface area contributed by atoms with Crippen molar-refractivity contribution < 1.29 is 4.79 Å². The number of aromatic nitrogens is 2. The number of piperidine rings is 1. The van der Waals surface area contributed by atoms with E-state index >= 15 is 0 Å². The molecule has 2 fully saturated rings. The van der Waals surface area contributed by atoms with E-state index in [9.17, 15) is 4.79 Å². The predicted molar refractivity (Wildman–Crippen MR) is 124 cm³/mol. The van der Waals surface area contributed by atoms with Crippen LogP contribution in [0.1, 0.15) is 31.2 Å². The molecule has 7 nitrogen and oxygen atoms in total. The van der Waals surface area contributed by atoms with Gasteiger partial charge in [-0.3, -0.25) is 10.00 Å². The van der Waals surface area contributed by atoms with E-state index in [4.69, 9.17) is 0 Å². The first-order valence-electron chi connectivity index (χ1n) is 11.3. The number of urea groups is 1. The molecule has 2 aliphatic rings. The van der Waals surface area contributed by atoms with Gasteiger partial charge in [0.1, 0.15) is 0 Å². The molecule has 31 heavy (non-hydrogen) atoms. The summed E-state index contributed by atoms with van der Waals surface area (Å²) in [6, 6.07) is 15.1. The van der Waals surface area contributed by atoms with Gasteiger partial charge in [0, 0.05) is 49.0 Å². The Morgan fingerprint density at radius 2 is 1.97 bits per heavy atom. The molecule has 1 unspecified atom stereocenters. The molecule has 7 heteroatoms. The third kappa shape index (κ3) is 4.82. The number of carbonyl (C=O) groups excluding carboxylic acids is 1. The monoisotopic (exact) mass is 418 g/mol. The smallest absolute Gasteiger partial charge is 0.321 e. The van der Waals surface area contributed by atoms with Crippen LogP contribution in [0.15, 0.2) is 48.7 Å². The molecule has 3 N–H and O–H groups in total. The first-order valence-corrected chi connectivity index (χ1v) is 11.3. The summed E-state index contributed by atoms with van der Waals surface area (Å²) in [6.07, 6.45) is 6.42. The van der Waals surface area contributed by atoms with Crippen LogP contribution in [0.3, 0.4) is 0 Å². The van der Waals surface area contributed by atoms with Gasteiger partial charge in [0.2, 0.25) is 0 Å². The van der Waals surface area contributed by atoms with Crippen molar-refractivity contribution >= 4 is 28.3 Å². The van der Waals surface area contributed by atoms with Crippen molar-refractivity contribution in [2.75, 3.05) is 36.8 Å². The van der Waals surface area contributed by atoms with Crippen LogP contribution in [0.2, 0.25) is 0 Å². The number of nitrogens with zero attached hydrogens (tertiary/aromatic N) is 3. The number of amides is 2. The van der Waals surface area contributed by atoms with Gasteiger partial charge in [0.25, 0.3) is 0 Å². The SMILES string of the molecule is O=C(Nc1cccc(CN2CCCC(Nc3ccc4[nH]ncc4c3)C2)c1)N1CCCC1. The summed E-state index contributed by atoms with van der Waals surface area (Å²) >= 11 is 0. The summed E-state index contributed by atoms with van der Waals surface area (Å²) < 4.78 is 0. The second-order valence-corrected chi connectivity index (χ2v) is 8.72. The molecule has 5 rings (SSSR count). The number of carbonyl (C=O) groups is 1. The number of benzene rings is 2. The van der Waals surface area contributed by atoms with Crippen LogP contribution in [-0.2, 0) is 6.54 Å². The second kappa shape index (κ2) is 8.98. The normalized spacial score (nSPS) is 19.6. The van der Waals surface area contributed by atoms with Crippen LogP contribution in [0, 0.1) is 0 Å². The molecule has 2 saturated heterocycles. The minimum absolute atomic E-state index is 0.0199. The molecule has 0 spiro atoms. The van der Waals surface area contributed by atoms with Crippen LogP contribution in [-0.4, -0.2) is 58.2 Å². The number of anilines is 2. The van der Waals surface area contributed by atoms with Crippen molar-refractivity contribution in [1.82, 2.24) is 20.0 Å². The molecule has 3 heterocycles. The standard InChI is InChI=1S/C24H30N6O/c31-24(30-11-1-2-12-30)27-20-6-3-5-18(13-20)16-29-10-4-7-22(17-29)26-21-8-9-23-19(14-21)15-25-28-23/h3,5-6,8-9,13-15,22,26H,1-2,4,7,10-12,16-17H2,(H,25,28)(H,27,31). The van der Waals surface area contributed by atoms with Crippen LogP contribution < -0.4 is 10.6 Å². The van der Waals surface area contributed by atoms with Crippen LogP contribution in [0.4, 0.5) is 16.2 Å². The molecule has 3 aromatic rings. The average molecular weight is 419 g/mol. The van der Waals surface area contributed by atoms with E-state index in [0.717, 1.165) is 67.8 Å². The maximum Gasteiger partial charge on any atom is 0.321 e. The topological polar surface area (TPSA) is 76.3 Å². The van der Waals surface area contributed by atoms with E-state index < -0.39 is 0 Å². The molecular formula is C24H30N6O. The number of hydrogen-bond acceptors (Lipinski definition) is 4. The molecule has 1 atom stereocenters. The Bertz CT molecular complexity index is 1040. The summed E-state index contributed by atoms with van der Waals surface area (Å²) in [5.41, 5.74) is 4.33. The number of likely N-dealkylation sites (tertiary alicyclic amines) is 2. The summed E-state index contributed by atoms with van der Waals surface area (Å²) in [6.45, 7) is 4.73. The van der Waals surface area contributed by atoms with Gasteiger partial charge in [-0.25, -0.2) is 4.79 Å². The molecule has 0 bridgehead atoms. The van der Waals surface area contributed by atoms with Gasteiger partial charge in [0.15, 0.2) is 0 Å². The van der Waals surface area contributed by atoms with E-state index in [1.165, 1.54) is 18.4 Å². The van der Waals surface area contributed by atoms with E-state index in [-0.39, 0.29) is 6.03 Å². The Morgan fingerprint density at radius 1 is 1.06 bits per heavy atom. The lowest BCUT2D eigenvalue weighted by Crippen LogP contribution is -2.41. The lowest BCUT2D eigenvalue weighted by Gasteiger charge is -2.33. The highest BCUT2D eigenvalue weighted by molar-refractivity contribution is 5.89. The highest BCUT2D eigenvalue weighted by atomic mass is 16.2. The molecule has 1 aromatic heterocycles. The molecule has 0 saturated carbocycles. The van der Waals surface area contributed by atoms with Gasteiger partial charge >= 0.3 is 6.03 Å². The van der Waals surface area contributed by atoms with Crippen LogP contribution in [0.25, 0.3) is 10.9 Å². The Hall–Kier alpha value is -3.06. The quantitative estimate of drug-likeness (QED) is 0.578. The average Bonchev–Trinajstić information content (AvgIpc) is 3.46. The van der Waals surface area contributed by atoms with E-state index in [1.807, 2.05) is 23.2 Å². The van der Waals surface area contributed by atoms with Crippen molar-refractivity contribution in [3.63, 3.8) is 0 Å². The van der Waals surface area contributed by atoms with E-state index in [1.54, 1.807) is 0 Å². The first kappa shape index (κ1) is 19.9. The summed E-state index contributed by atoms with van der Waals surface area (Å²) in [4.78, 5) is 16.8. The fraction of sp³-hybridized carbons (Fsp3) is 0.417. The van der Waals surface area contributed by atoms with Gasteiger partial charge in [-0.2, -0.15) is 5.10 Å². The van der Waals surface area contributed by atoms with Gasteiger partial charge in [-0.05, 0) is 68.1 Å². The van der Waals surface area contributed by atoms with Crippen molar-refractivity contribution in [2.24, 2.45) is 0 Å². The Morgan fingerprint density at radius 3 is 2.87 bits per heavy atom. The number of hydrogen-bond donors (Lipinski definition) is 3. The molecular weight excluding hydrogens is 388 g/mol. The minimum atomic E-state index is 0.0199. The largest absolute Gasteiger partial charge is 0.381 e. The Balaban J connectivity index is 1.18. The number of H-pyrrole nitrogens is 1. The molecule has 2 aromatic carbocycles. The second-order valence-electron chi connectivity index (χ2n) is 8.72. The third-order valence-corrected chi connectivity index (χ3v) is 6.29. The number of fused-ring (bicyclic) bond motifs is 1. The maximum atomic E-state index is 12.4. The molecule has 2 aliphatic heterocycles. The summed E-state index contributed by atoms with van der Waals surface area (Å²) in [5.74, 6) is 0. The maximum absolute atomic E-state index is 12.4. The predicted octanol–water partition coefficient (Wildman–Crippen LogP) is 4.27. The zero-order chi connectivity index (χ0) is 21.0. The van der Waals surface area contributed by atoms with Gasteiger partial charge < -0.3 is 15.5 Å². The van der Waals surface area contributed by atoms with Crippen molar-refractivity contribution in [2.45, 2.75) is 38.3 Å². The lowest BCUT2D eigenvalue weighted by atomic mass is 10.0. The lowest BCUT2D eigenvalue weighted by molar-refractivity contribution is 0.208. The minimum Gasteiger partial charge on any atom is -0.381 e. The Kier molecular flexibility index (Phi) is 5.76. The molecule has 2 amide bonds. The number of nitrogens with one attached hydrogen (secondary N) is 3. The summed E-state index contributed by atoms with van der Waals surface area (Å²) in [5, 5.41) is 15.0. The van der Waals surface area contributed by atoms with E-state index in [2.05, 4.69) is 56.1 Å². The van der Waals surface area contributed by atoms with Gasteiger partial charge in [-0.1, -0.05) is 12.1 Å². The van der Waals surface area contributed by atoms with Gasteiger partial charge in [-0.15, -0.1) is 0 Å². The Labute approximate surface area is 182 Å². The summed E-state index contributed by atoms with van der Waals surface area (Å²) in [7, 11) is 0. The molecule has 162 valence electrons. The number of aromatic amines is 1. The first-order chi connectivity index (χ1) is 15.2. The van der Waals surface area contributed by atoms with E-state index in [0.29, 0.717) is 6.04 Å². The van der Waals surface area contributed by atoms with Crippen molar-refractivity contribution in [3.8, 4) is 0 Å². The van der Waals surface area contributed by atoms with Crippen LogP contribution in [0.5, 0.6) is 0 Å². The number of rotatable bonds is 5. The molecule has 0 aliphatic carbocycles.